The molecule has 0 saturated heterocycles. The maximum Gasteiger partial charge on any atom is 0.181 e. The van der Waals surface area contributed by atoms with Crippen molar-refractivity contribution in [3.63, 3.8) is 0 Å². The van der Waals surface area contributed by atoms with Crippen LogP contribution in [0, 0.1) is 0 Å². The number of nitrogens with one attached hydrogen (secondary N) is 1. The summed E-state index contributed by atoms with van der Waals surface area (Å²) in [5.41, 5.74) is 11.5. The highest BCUT2D eigenvalue weighted by Crippen LogP contribution is 2.26. The standard InChI is InChI=1S/C19H14N6O/c20-13-3-1-2-12(8-13)16-10-25-7-6-21-19(25)18(24-16)23-14-4-5-17-15(9-14)22-11-26-17/h1-11H,20H2,(H,23,24). The fraction of sp³-hybridized carbons (Fsp3) is 0. The van der Waals surface area contributed by atoms with Crippen molar-refractivity contribution in [3.8, 4) is 11.3 Å². The molecule has 3 N–H and O–H groups in total. The van der Waals surface area contributed by atoms with Gasteiger partial charge in [0.1, 0.15) is 5.52 Å². The molecule has 0 fully saturated rings. The summed E-state index contributed by atoms with van der Waals surface area (Å²) < 4.78 is 7.22. The molecular formula is C19H14N6O. The molecule has 0 aliphatic rings. The Morgan fingerprint density at radius 2 is 2.04 bits per heavy atom. The molecular weight excluding hydrogens is 328 g/mol. The Morgan fingerprint density at radius 3 is 2.96 bits per heavy atom. The fourth-order valence-electron chi connectivity index (χ4n) is 2.92. The van der Waals surface area contributed by atoms with E-state index in [2.05, 4.69) is 15.3 Å². The van der Waals surface area contributed by atoms with E-state index in [0.717, 1.165) is 33.7 Å². The Morgan fingerprint density at radius 1 is 1.08 bits per heavy atom. The Labute approximate surface area is 148 Å². The molecule has 7 heteroatoms. The molecule has 5 aromatic rings. The third-order valence-electron chi connectivity index (χ3n) is 4.15. The van der Waals surface area contributed by atoms with Crippen molar-refractivity contribution in [2.24, 2.45) is 0 Å². The minimum atomic E-state index is 0.651. The minimum absolute atomic E-state index is 0.651. The van der Waals surface area contributed by atoms with E-state index in [9.17, 15) is 0 Å². The van der Waals surface area contributed by atoms with Crippen molar-refractivity contribution in [1.82, 2.24) is 19.4 Å². The maximum atomic E-state index is 5.91. The molecule has 0 unspecified atom stereocenters. The van der Waals surface area contributed by atoms with Gasteiger partial charge in [0.2, 0.25) is 0 Å². The normalized spacial score (nSPS) is 11.2. The van der Waals surface area contributed by atoms with Gasteiger partial charge < -0.3 is 19.9 Å². The molecule has 0 bridgehead atoms. The molecule has 3 aromatic heterocycles. The van der Waals surface area contributed by atoms with Crippen LogP contribution < -0.4 is 11.1 Å². The second kappa shape index (κ2) is 5.59. The molecule has 0 atom stereocenters. The van der Waals surface area contributed by atoms with Crippen LogP contribution in [0.4, 0.5) is 17.2 Å². The summed E-state index contributed by atoms with van der Waals surface area (Å²) in [6.07, 6.45) is 6.99. The lowest BCUT2D eigenvalue weighted by atomic mass is 10.1. The van der Waals surface area contributed by atoms with Crippen molar-refractivity contribution in [2.45, 2.75) is 0 Å². The first-order chi connectivity index (χ1) is 12.8. The van der Waals surface area contributed by atoms with Gasteiger partial charge in [-0.3, -0.25) is 0 Å². The molecule has 0 aliphatic carbocycles. The average Bonchev–Trinajstić information content (AvgIpc) is 3.30. The Balaban J connectivity index is 1.62. The lowest BCUT2D eigenvalue weighted by Crippen LogP contribution is -2.00. The summed E-state index contributed by atoms with van der Waals surface area (Å²) in [7, 11) is 0. The zero-order chi connectivity index (χ0) is 17.5. The van der Waals surface area contributed by atoms with Gasteiger partial charge in [0, 0.05) is 35.5 Å². The summed E-state index contributed by atoms with van der Waals surface area (Å²) in [6.45, 7) is 0. The van der Waals surface area contributed by atoms with Crippen LogP contribution in [0.2, 0.25) is 0 Å². The van der Waals surface area contributed by atoms with E-state index in [-0.39, 0.29) is 0 Å². The van der Waals surface area contributed by atoms with Crippen LogP contribution in [0.1, 0.15) is 0 Å². The number of oxazole rings is 1. The molecule has 0 amide bonds. The molecule has 0 aliphatic heterocycles. The van der Waals surface area contributed by atoms with Gasteiger partial charge in [-0.15, -0.1) is 0 Å². The lowest BCUT2D eigenvalue weighted by Gasteiger charge is -2.10. The van der Waals surface area contributed by atoms with Crippen molar-refractivity contribution in [2.75, 3.05) is 11.1 Å². The Bertz CT molecular complexity index is 1240. The van der Waals surface area contributed by atoms with Gasteiger partial charge in [0.15, 0.2) is 23.4 Å². The van der Waals surface area contributed by atoms with Crippen LogP contribution in [0.15, 0.2) is 71.9 Å². The van der Waals surface area contributed by atoms with Crippen LogP contribution in [-0.2, 0) is 0 Å². The maximum absolute atomic E-state index is 5.91. The molecule has 126 valence electrons. The Hall–Kier alpha value is -3.87. The number of aromatic nitrogens is 4. The van der Waals surface area contributed by atoms with Crippen LogP contribution >= 0.6 is 0 Å². The average molecular weight is 342 g/mol. The number of nitrogens with zero attached hydrogens (tertiary/aromatic N) is 4. The molecule has 3 heterocycles. The van der Waals surface area contributed by atoms with Crippen molar-refractivity contribution in [3.05, 3.63) is 67.4 Å². The zero-order valence-electron chi connectivity index (χ0n) is 13.6. The third-order valence-corrected chi connectivity index (χ3v) is 4.15. The molecule has 0 spiro atoms. The third kappa shape index (κ3) is 2.42. The van der Waals surface area contributed by atoms with Crippen LogP contribution in [0.25, 0.3) is 28.0 Å². The van der Waals surface area contributed by atoms with Gasteiger partial charge in [0.05, 0.1) is 5.69 Å². The summed E-state index contributed by atoms with van der Waals surface area (Å²) in [5, 5.41) is 3.33. The van der Waals surface area contributed by atoms with Crippen LogP contribution in [0.5, 0.6) is 0 Å². The van der Waals surface area contributed by atoms with Gasteiger partial charge in [-0.05, 0) is 30.3 Å². The van der Waals surface area contributed by atoms with E-state index in [1.54, 1.807) is 6.20 Å². The largest absolute Gasteiger partial charge is 0.443 e. The van der Waals surface area contributed by atoms with E-state index in [0.29, 0.717) is 11.5 Å². The smallest absolute Gasteiger partial charge is 0.181 e. The zero-order valence-corrected chi connectivity index (χ0v) is 13.6. The quantitative estimate of drug-likeness (QED) is 0.483. The first-order valence-corrected chi connectivity index (χ1v) is 8.06. The number of imidazole rings is 1. The molecule has 0 radical (unpaired) electrons. The second-order valence-corrected chi connectivity index (χ2v) is 5.92. The number of hydrogen-bond donors (Lipinski definition) is 2. The molecule has 26 heavy (non-hydrogen) atoms. The number of fused-ring (bicyclic) bond motifs is 2. The van der Waals surface area contributed by atoms with Crippen LogP contribution in [0.3, 0.4) is 0 Å². The monoisotopic (exact) mass is 342 g/mol. The van der Waals surface area contributed by atoms with Gasteiger partial charge in [-0.1, -0.05) is 12.1 Å². The van der Waals surface area contributed by atoms with E-state index in [1.165, 1.54) is 6.39 Å². The van der Waals surface area contributed by atoms with E-state index in [1.807, 2.05) is 59.3 Å². The number of benzene rings is 2. The van der Waals surface area contributed by atoms with E-state index < -0.39 is 0 Å². The molecule has 5 rings (SSSR count). The molecule has 0 saturated carbocycles. The van der Waals surface area contributed by atoms with Gasteiger partial charge in [0.25, 0.3) is 0 Å². The second-order valence-electron chi connectivity index (χ2n) is 5.92. The van der Waals surface area contributed by atoms with Crippen LogP contribution in [-0.4, -0.2) is 19.4 Å². The Kier molecular flexibility index (Phi) is 3.11. The van der Waals surface area contributed by atoms with Gasteiger partial charge in [-0.25, -0.2) is 15.0 Å². The van der Waals surface area contributed by atoms with Crippen molar-refractivity contribution in [1.29, 1.82) is 0 Å². The highest BCUT2D eigenvalue weighted by atomic mass is 16.3. The van der Waals surface area contributed by atoms with Crippen molar-refractivity contribution >= 4 is 33.9 Å². The first kappa shape index (κ1) is 14.5. The summed E-state index contributed by atoms with van der Waals surface area (Å²) in [6, 6.07) is 13.3. The molecule has 7 nitrogen and oxygen atoms in total. The van der Waals surface area contributed by atoms with Gasteiger partial charge >= 0.3 is 0 Å². The summed E-state index contributed by atoms with van der Waals surface area (Å²) in [4.78, 5) is 13.3. The first-order valence-electron chi connectivity index (χ1n) is 8.06. The van der Waals surface area contributed by atoms with Gasteiger partial charge in [-0.2, -0.15) is 0 Å². The number of nitrogen functional groups attached to an aromatic ring is 1. The highest BCUT2D eigenvalue weighted by molar-refractivity contribution is 5.81. The van der Waals surface area contributed by atoms with E-state index in [4.69, 9.17) is 15.1 Å². The van der Waals surface area contributed by atoms with E-state index >= 15 is 0 Å². The highest BCUT2D eigenvalue weighted by Gasteiger charge is 2.10. The molecule has 2 aromatic carbocycles. The predicted octanol–water partition coefficient (Wildman–Crippen LogP) is 3.86. The summed E-state index contributed by atoms with van der Waals surface area (Å²) >= 11 is 0. The SMILES string of the molecule is Nc1cccc(-c2cn3ccnc3c(Nc3ccc4ocnc4c3)n2)c1. The number of nitrogens with two attached hydrogens (primary N) is 1. The topological polar surface area (TPSA) is 94.3 Å². The lowest BCUT2D eigenvalue weighted by molar-refractivity contribution is 0.602. The fourth-order valence-corrected chi connectivity index (χ4v) is 2.92. The van der Waals surface area contributed by atoms with Crippen molar-refractivity contribution < 1.29 is 4.42 Å². The number of anilines is 3. The predicted molar refractivity (Wildman–Crippen MR) is 100 cm³/mol. The number of rotatable bonds is 3. The summed E-state index contributed by atoms with van der Waals surface area (Å²) in [5.74, 6) is 0.651. The number of hydrogen-bond acceptors (Lipinski definition) is 6. The minimum Gasteiger partial charge on any atom is -0.443 e.